The number of carboxylic acid groups (broad SMARTS) is 1. The molecular weight excluding hydrogens is 144 g/mol. The van der Waals surface area contributed by atoms with Gasteiger partial charge in [-0.25, -0.2) is 0 Å². The van der Waals surface area contributed by atoms with Gasteiger partial charge < -0.3 is 19.7 Å². The summed E-state index contributed by atoms with van der Waals surface area (Å²) in [6, 6.07) is 0. The molecule has 2 N–H and O–H groups in total. The summed E-state index contributed by atoms with van der Waals surface area (Å²) >= 11 is 0. The standard InChI is InChI=1S/C5H11NO2.C2H7N/c1-6(2,3)4-5(7)8;1-3-2/h4H2,1-3H3;3H,1-2H3/p+1. The molecule has 0 saturated carbocycles. The second-order valence-corrected chi connectivity index (χ2v) is 3.40. The number of quaternary nitrogens is 2. The van der Waals surface area contributed by atoms with Crippen molar-refractivity contribution in [1.82, 2.24) is 0 Å². The van der Waals surface area contributed by atoms with Crippen molar-refractivity contribution < 1.29 is 19.7 Å². The van der Waals surface area contributed by atoms with Crippen LogP contribution < -0.4 is 10.4 Å². The number of carbonyl (C=O) groups excluding carboxylic acids is 1. The third-order valence-corrected chi connectivity index (χ3v) is 0.603. The second kappa shape index (κ2) is 6.12. The van der Waals surface area contributed by atoms with Crippen LogP contribution in [0.5, 0.6) is 0 Å². The monoisotopic (exact) mass is 163 g/mol. The average molecular weight is 163 g/mol. The molecule has 0 radical (unpaired) electrons. The average Bonchev–Trinajstić information content (AvgIpc) is 1.57. The summed E-state index contributed by atoms with van der Waals surface area (Å²) in [7, 11) is 9.40. The largest absolute Gasteiger partial charge is 0.544 e. The molecule has 4 nitrogen and oxygen atoms in total. The van der Waals surface area contributed by atoms with Crippen LogP contribution in [0.2, 0.25) is 0 Å². The third-order valence-electron chi connectivity index (χ3n) is 0.603. The van der Waals surface area contributed by atoms with Gasteiger partial charge in [0.05, 0.1) is 41.2 Å². The molecule has 0 aromatic carbocycles. The van der Waals surface area contributed by atoms with Crippen LogP contribution in [0.15, 0.2) is 0 Å². The van der Waals surface area contributed by atoms with Crippen LogP contribution in [0.4, 0.5) is 0 Å². The molecule has 0 atom stereocenters. The van der Waals surface area contributed by atoms with Crippen LogP contribution in [0, 0.1) is 0 Å². The van der Waals surface area contributed by atoms with Crippen molar-refractivity contribution >= 4 is 5.97 Å². The molecule has 0 aliphatic heterocycles. The Hall–Kier alpha value is -0.610. The molecule has 0 fully saturated rings. The first-order valence-electron chi connectivity index (χ1n) is 3.57. The van der Waals surface area contributed by atoms with Crippen LogP contribution in [-0.2, 0) is 4.79 Å². The molecule has 0 bridgehead atoms. The van der Waals surface area contributed by atoms with E-state index in [9.17, 15) is 9.90 Å². The van der Waals surface area contributed by atoms with Crippen molar-refractivity contribution in [2.45, 2.75) is 0 Å². The Bertz CT molecular complexity index is 107. The summed E-state index contributed by atoms with van der Waals surface area (Å²) < 4.78 is 0.419. The SMILES string of the molecule is C[N+](C)(C)CC(=O)[O-].C[NH2+]C. The lowest BCUT2D eigenvalue weighted by atomic mass is 10.5. The van der Waals surface area contributed by atoms with E-state index in [1.165, 1.54) is 0 Å². The quantitative estimate of drug-likeness (QED) is 0.449. The molecule has 0 aromatic rings. The van der Waals surface area contributed by atoms with Gasteiger partial charge in [0.15, 0.2) is 0 Å². The number of nitrogens with two attached hydrogens (primary N) is 1. The highest BCUT2D eigenvalue weighted by molar-refractivity contribution is 5.65. The third kappa shape index (κ3) is 26.6. The summed E-state index contributed by atoms with van der Waals surface area (Å²) in [5.41, 5.74) is 0. The van der Waals surface area contributed by atoms with Crippen molar-refractivity contribution in [2.24, 2.45) is 0 Å². The minimum absolute atomic E-state index is 0.0694. The molecule has 0 aliphatic rings. The minimum Gasteiger partial charge on any atom is -0.544 e. The van der Waals surface area contributed by atoms with Gasteiger partial charge in [0.1, 0.15) is 6.54 Å². The maximum Gasteiger partial charge on any atom is 0.118 e. The molecule has 0 aliphatic carbocycles. The molecule has 0 unspecified atom stereocenters. The van der Waals surface area contributed by atoms with Crippen LogP contribution in [0.3, 0.4) is 0 Å². The van der Waals surface area contributed by atoms with Gasteiger partial charge in [0.25, 0.3) is 0 Å². The van der Waals surface area contributed by atoms with E-state index >= 15 is 0 Å². The predicted octanol–water partition coefficient (Wildman–Crippen LogP) is -2.75. The first-order chi connectivity index (χ1) is 4.83. The first-order valence-corrected chi connectivity index (χ1v) is 3.57. The van der Waals surface area contributed by atoms with Crippen LogP contribution >= 0.6 is 0 Å². The normalized spacial score (nSPS) is 9.91. The summed E-state index contributed by atoms with van der Waals surface area (Å²) in [6.45, 7) is 0.0694. The van der Waals surface area contributed by atoms with E-state index in [4.69, 9.17) is 0 Å². The fourth-order valence-corrected chi connectivity index (χ4v) is 0.387. The summed E-state index contributed by atoms with van der Waals surface area (Å²) in [4.78, 5) is 9.89. The lowest BCUT2D eigenvalue weighted by Gasteiger charge is -2.23. The fourth-order valence-electron chi connectivity index (χ4n) is 0.387. The van der Waals surface area contributed by atoms with Crippen molar-refractivity contribution in [3.05, 3.63) is 0 Å². The Morgan fingerprint density at radius 3 is 1.64 bits per heavy atom. The molecule has 0 amide bonds. The summed E-state index contributed by atoms with van der Waals surface area (Å²) in [6.07, 6.45) is 0. The van der Waals surface area contributed by atoms with Gasteiger partial charge >= 0.3 is 0 Å². The van der Waals surface area contributed by atoms with E-state index < -0.39 is 5.97 Å². The zero-order valence-corrected chi connectivity index (χ0v) is 8.05. The molecule has 0 aromatic heterocycles. The van der Waals surface area contributed by atoms with Gasteiger partial charge in [-0.1, -0.05) is 0 Å². The van der Waals surface area contributed by atoms with Crippen molar-refractivity contribution in [3.8, 4) is 0 Å². The Morgan fingerprint density at radius 2 is 1.64 bits per heavy atom. The van der Waals surface area contributed by atoms with Gasteiger partial charge in [-0.2, -0.15) is 0 Å². The number of nitrogens with zero attached hydrogens (tertiary/aromatic N) is 1. The molecule has 4 heteroatoms. The maximum atomic E-state index is 9.89. The molecule has 0 saturated heterocycles. The van der Waals surface area contributed by atoms with E-state index in [2.05, 4.69) is 0 Å². The molecule has 0 rings (SSSR count). The highest BCUT2D eigenvalue weighted by Crippen LogP contribution is 1.84. The molecule has 11 heavy (non-hydrogen) atoms. The van der Waals surface area contributed by atoms with E-state index in [-0.39, 0.29) is 6.54 Å². The molecule has 0 spiro atoms. The Balaban J connectivity index is 0. The van der Waals surface area contributed by atoms with E-state index in [0.29, 0.717) is 4.48 Å². The predicted molar refractivity (Wildman–Crippen MR) is 41.7 cm³/mol. The first kappa shape index (κ1) is 13.0. The van der Waals surface area contributed by atoms with Crippen LogP contribution in [-0.4, -0.2) is 52.2 Å². The zero-order chi connectivity index (χ0) is 9.49. The van der Waals surface area contributed by atoms with Gasteiger partial charge in [-0.05, 0) is 0 Å². The van der Waals surface area contributed by atoms with Gasteiger partial charge in [-0.3, -0.25) is 0 Å². The Morgan fingerprint density at radius 1 is 1.36 bits per heavy atom. The summed E-state index contributed by atoms with van der Waals surface area (Å²) in [5.74, 6) is -1.00. The Labute approximate surface area is 68.4 Å². The van der Waals surface area contributed by atoms with Crippen molar-refractivity contribution in [2.75, 3.05) is 41.8 Å². The van der Waals surface area contributed by atoms with Crippen LogP contribution in [0.25, 0.3) is 0 Å². The number of rotatable bonds is 2. The van der Waals surface area contributed by atoms with Crippen LogP contribution in [0.1, 0.15) is 0 Å². The molecule has 68 valence electrons. The molecule has 0 heterocycles. The smallest absolute Gasteiger partial charge is 0.118 e. The molecular formula is C7H19N2O2+. The number of hydrogen-bond donors (Lipinski definition) is 1. The highest BCUT2D eigenvalue weighted by Gasteiger charge is 2.04. The summed E-state index contributed by atoms with van der Waals surface area (Å²) in [5, 5.41) is 11.9. The maximum absolute atomic E-state index is 9.89. The second-order valence-electron chi connectivity index (χ2n) is 3.40. The number of hydrogen-bond acceptors (Lipinski definition) is 2. The van der Waals surface area contributed by atoms with Gasteiger partial charge in [0.2, 0.25) is 0 Å². The number of carbonyl (C=O) groups is 1. The van der Waals surface area contributed by atoms with Crippen molar-refractivity contribution in [3.63, 3.8) is 0 Å². The minimum atomic E-state index is -1.00. The number of aliphatic carboxylic acids is 1. The van der Waals surface area contributed by atoms with Gasteiger partial charge in [0, 0.05) is 0 Å². The van der Waals surface area contributed by atoms with E-state index in [1.807, 2.05) is 19.4 Å². The fraction of sp³-hybridized carbons (Fsp3) is 0.857. The highest BCUT2D eigenvalue weighted by atomic mass is 16.4. The Kier molecular flexibility index (Phi) is 7.24. The van der Waals surface area contributed by atoms with Gasteiger partial charge in [-0.15, -0.1) is 0 Å². The van der Waals surface area contributed by atoms with Crippen molar-refractivity contribution in [1.29, 1.82) is 0 Å². The van der Waals surface area contributed by atoms with E-state index in [0.717, 1.165) is 0 Å². The topological polar surface area (TPSA) is 56.7 Å². The lowest BCUT2D eigenvalue weighted by molar-refractivity contribution is -0.864. The lowest BCUT2D eigenvalue weighted by Crippen LogP contribution is -2.74. The number of carboxylic acids is 1. The number of likely N-dealkylation sites (N-methyl/N-ethyl adjacent to an activating group) is 1. The zero-order valence-electron chi connectivity index (χ0n) is 8.05. The van der Waals surface area contributed by atoms with E-state index in [1.54, 1.807) is 21.1 Å².